The Morgan fingerprint density at radius 3 is 2.44 bits per heavy atom. The highest BCUT2D eigenvalue weighted by atomic mass is 79.9. The summed E-state index contributed by atoms with van der Waals surface area (Å²) in [7, 11) is 0. The Morgan fingerprint density at radius 2 is 1.88 bits per heavy atom. The largest absolute Gasteiger partial charge is 0.448 e. The van der Waals surface area contributed by atoms with Crippen molar-refractivity contribution in [3.8, 4) is 18.2 Å². The van der Waals surface area contributed by atoms with Gasteiger partial charge in [-0.2, -0.15) is 15.8 Å². The number of nitrogens with zero attached hydrogens (tertiary/aromatic N) is 3. The molecular weight excluding hydrogens is 391 g/mol. The fraction of sp³-hybridized carbons (Fsp3) is 0.412. The number of benzene rings is 1. The second-order valence-corrected chi connectivity index (χ2v) is 7.20. The monoisotopic (exact) mass is 402 g/mol. The molecule has 2 heterocycles. The molecule has 0 aliphatic carbocycles. The van der Waals surface area contributed by atoms with Crippen LogP contribution in [0.2, 0.25) is 0 Å². The number of ether oxygens (including phenoxy) is 2. The van der Waals surface area contributed by atoms with Crippen molar-refractivity contribution in [1.82, 2.24) is 0 Å². The number of hydrogen-bond donors (Lipinski definition) is 1. The third-order valence-corrected chi connectivity index (χ3v) is 5.73. The van der Waals surface area contributed by atoms with Gasteiger partial charge in [0.05, 0.1) is 24.1 Å². The molecule has 4 atom stereocenters. The smallest absolute Gasteiger partial charge is 0.214 e. The first-order valence-corrected chi connectivity index (χ1v) is 8.16. The summed E-state index contributed by atoms with van der Waals surface area (Å²) in [6.07, 6.45) is -1.40. The Labute approximate surface area is 152 Å². The molecule has 0 saturated carbocycles. The fourth-order valence-electron chi connectivity index (χ4n) is 3.70. The van der Waals surface area contributed by atoms with Crippen molar-refractivity contribution in [2.24, 2.45) is 16.7 Å². The molecular formula is C17H12BrFN4O2. The molecule has 0 radical (unpaired) electrons. The first-order valence-electron chi connectivity index (χ1n) is 7.37. The van der Waals surface area contributed by atoms with Gasteiger partial charge < -0.3 is 9.47 Å². The van der Waals surface area contributed by atoms with Crippen molar-refractivity contribution < 1.29 is 13.9 Å². The van der Waals surface area contributed by atoms with Crippen LogP contribution in [-0.2, 0) is 9.47 Å². The molecule has 1 aromatic rings. The van der Waals surface area contributed by atoms with E-state index >= 15 is 0 Å². The van der Waals surface area contributed by atoms with Crippen molar-refractivity contribution in [1.29, 1.82) is 21.2 Å². The third-order valence-electron chi connectivity index (χ3n) is 5.24. The Morgan fingerprint density at radius 1 is 1.24 bits per heavy atom. The quantitative estimate of drug-likeness (QED) is 0.770. The summed E-state index contributed by atoms with van der Waals surface area (Å²) in [5, 5.41) is 37.8. The fourth-order valence-corrected chi connectivity index (χ4v) is 4.08. The average molecular weight is 403 g/mol. The molecule has 0 spiro atoms. The third kappa shape index (κ3) is 1.86. The van der Waals surface area contributed by atoms with Crippen LogP contribution < -0.4 is 0 Å². The number of nitrogens with one attached hydrogen (secondary N) is 1. The molecule has 1 N–H and O–H groups in total. The lowest BCUT2D eigenvalue weighted by Crippen LogP contribution is -2.57. The zero-order valence-corrected chi connectivity index (χ0v) is 14.9. The van der Waals surface area contributed by atoms with Crippen LogP contribution in [-0.4, -0.2) is 11.7 Å². The lowest BCUT2D eigenvalue weighted by Gasteiger charge is -2.47. The van der Waals surface area contributed by atoms with Gasteiger partial charge in [-0.3, -0.25) is 5.41 Å². The van der Waals surface area contributed by atoms with Gasteiger partial charge in [0.15, 0.2) is 5.41 Å². The highest BCUT2D eigenvalue weighted by Gasteiger charge is 2.78. The van der Waals surface area contributed by atoms with Gasteiger partial charge in [0.1, 0.15) is 11.9 Å². The molecule has 8 heteroatoms. The maximum absolute atomic E-state index is 14.5. The van der Waals surface area contributed by atoms with Crippen molar-refractivity contribution in [3.05, 3.63) is 34.1 Å². The van der Waals surface area contributed by atoms with E-state index in [0.717, 1.165) is 0 Å². The van der Waals surface area contributed by atoms with Crippen LogP contribution in [0.1, 0.15) is 25.5 Å². The van der Waals surface area contributed by atoms with E-state index in [9.17, 15) is 20.2 Å². The molecule has 6 nitrogen and oxygen atoms in total. The number of halogens is 2. The van der Waals surface area contributed by atoms with Gasteiger partial charge in [0, 0.05) is 17.0 Å². The molecule has 4 unspecified atom stereocenters. The van der Waals surface area contributed by atoms with Crippen LogP contribution in [0.15, 0.2) is 22.7 Å². The summed E-state index contributed by atoms with van der Waals surface area (Å²) < 4.78 is 26.4. The van der Waals surface area contributed by atoms with Gasteiger partial charge >= 0.3 is 0 Å². The first-order chi connectivity index (χ1) is 11.7. The van der Waals surface area contributed by atoms with Crippen LogP contribution in [0, 0.1) is 62.0 Å². The number of fused-ring (bicyclic) bond motifs is 2. The minimum Gasteiger partial charge on any atom is -0.448 e. The average Bonchev–Trinajstić information content (AvgIpc) is 2.72. The summed E-state index contributed by atoms with van der Waals surface area (Å²) in [4.78, 5) is 0. The Bertz CT molecular complexity index is 901. The van der Waals surface area contributed by atoms with Gasteiger partial charge in [-0.15, -0.1) is 0 Å². The molecule has 25 heavy (non-hydrogen) atoms. The van der Waals surface area contributed by atoms with E-state index in [-0.39, 0.29) is 5.56 Å². The Balaban J connectivity index is 2.37. The first kappa shape index (κ1) is 17.4. The second-order valence-electron chi connectivity index (χ2n) is 6.28. The van der Waals surface area contributed by atoms with E-state index in [1.54, 1.807) is 6.92 Å². The molecule has 2 aliphatic heterocycles. The molecule has 2 saturated heterocycles. The van der Waals surface area contributed by atoms with Crippen LogP contribution in [0.4, 0.5) is 4.39 Å². The van der Waals surface area contributed by atoms with E-state index in [1.165, 1.54) is 25.1 Å². The zero-order chi connectivity index (χ0) is 18.6. The van der Waals surface area contributed by atoms with Crippen molar-refractivity contribution in [2.75, 3.05) is 0 Å². The Kier molecular flexibility index (Phi) is 3.65. The topological polar surface area (TPSA) is 114 Å². The van der Waals surface area contributed by atoms with Gasteiger partial charge in [-0.1, -0.05) is 22.9 Å². The number of hydrogen-bond acceptors (Lipinski definition) is 6. The highest BCUT2D eigenvalue weighted by Crippen LogP contribution is 2.66. The zero-order valence-electron chi connectivity index (χ0n) is 13.3. The highest BCUT2D eigenvalue weighted by molar-refractivity contribution is 9.10. The molecule has 2 aliphatic rings. The van der Waals surface area contributed by atoms with Crippen LogP contribution in [0.3, 0.4) is 0 Å². The summed E-state index contributed by atoms with van der Waals surface area (Å²) in [5.74, 6) is -3.39. The molecule has 3 rings (SSSR count). The molecule has 0 aromatic heterocycles. The standard InChI is InChI=1S/C17H12BrFN4O2/c1-9-15(2)24-13(11-5-10(18)3-4-12(11)19)16(6-20,7-21)17(9,8-22)14(23)25-15/h3-5,9,13,23H,1-2H3. The minimum atomic E-state index is -2.14. The molecule has 2 fully saturated rings. The van der Waals surface area contributed by atoms with E-state index in [0.29, 0.717) is 4.47 Å². The van der Waals surface area contributed by atoms with Crippen molar-refractivity contribution >= 4 is 21.8 Å². The van der Waals surface area contributed by atoms with E-state index in [1.807, 2.05) is 18.2 Å². The van der Waals surface area contributed by atoms with Crippen molar-refractivity contribution in [2.45, 2.75) is 25.7 Å². The Hall–Kier alpha value is -2.47. The van der Waals surface area contributed by atoms with E-state index in [2.05, 4.69) is 15.9 Å². The number of rotatable bonds is 1. The SMILES string of the molecule is CC1C2(C)OC(=N)C1(C#N)C(C#N)(C#N)C(c1cc(Br)ccc1F)O2. The lowest BCUT2D eigenvalue weighted by atomic mass is 9.54. The number of nitriles is 3. The molecule has 126 valence electrons. The molecule has 2 bridgehead atoms. The van der Waals surface area contributed by atoms with E-state index < -0.39 is 40.4 Å². The molecule has 1 aromatic carbocycles. The minimum absolute atomic E-state index is 0.0477. The summed E-state index contributed by atoms with van der Waals surface area (Å²) in [6, 6.07) is 9.70. The van der Waals surface area contributed by atoms with Gasteiger partial charge in [-0.05, 0) is 18.2 Å². The van der Waals surface area contributed by atoms with Gasteiger partial charge in [0.25, 0.3) is 0 Å². The van der Waals surface area contributed by atoms with Crippen LogP contribution in [0.25, 0.3) is 0 Å². The van der Waals surface area contributed by atoms with Crippen LogP contribution >= 0.6 is 15.9 Å². The maximum Gasteiger partial charge on any atom is 0.214 e. The summed E-state index contributed by atoms with van der Waals surface area (Å²) in [5.41, 5.74) is -4.06. The summed E-state index contributed by atoms with van der Waals surface area (Å²) in [6.45, 7) is 3.11. The second kappa shape index (κ2) is 5.26. The predicted octanol–water partition coefficient (Wildman–Crippen LogP) is 3.56. The van der Waals surface area contributed by atoms with Gasteiger partial charge in [-0.25, -0.2) is 4.39 Å². The predicted molar refractivity (Wildman–Crippen MR) is 86.0 cm³/mol. The van der Waals surface area contributed by atoms with Crippen molar-refractivity contribution in [3.63, 3.8) is 0 Å². The molecule has 0 amide bonds. The van der Waals surface area contributed by atoms with Crippen LogP contribution in [0.5, 0.6) is 0 Å². The van der Waals surface area contributed by atoms with Gasteiger partial charge in [0.2, 0.25) is 17.1 Å². The lowest BCUT2D eigenvalue weighted by molar-refractivity contribution is -0.269. The summed E-state index contributed by atoms with van der Waals surface area (Å²) >= 11 is 3.23. The van der Waals surface area contributed by atoms with E-state index in [4.69, 9.17) is 14.9 Å². The normalized spacial score (nSPS) is 35.2. The maximum atomic E-state index is 14.5.